The first-order valence-electron chi connectivity index (χ1n) is 5.45. The maximum atomic E-state index is 13.6. The summed E-state index contributed by atoms with van der Waals surface area (Å²) in [5, 5.41) is 5.43. The predicted molar refractivity (Wildman–Crippen MR) is 63.4 cm³/mol. The second-order valence-corrected chi connectivity index (χ2v) is 3.80. The van der Waals surface area contributed by atoms with E-state index < -0.39 is 6.17 Å². The van der Waals surface area contributed by atoms with Gasteiger partial charge in [0.05, 0.1) is 0 Å². The Morgan fingerprint density at radius 2 is 2.41 bits per heavy atom. The minimum Gasteiger partial charge on any atom is -0.354 e. The molecule has 0 spiro atoms. The van der Waals surface area contributed by atoms with Crippen LogP contribution in [0.5, 0.6) is 0 Å². The van der Waals surface area contributed by atoms with Crippen molar-refractivity contribution in [2.75, 3.05) is 20.1 Å². The van der Waals surface area contributed by atoms with Gasteiger partial charge in [0.1, 0.15) is 11.9 Å². The fourth-order valence-corrected chi connectivity index (χ4v) is 1.76. The number of aromatic nitrogens is 1. The molecule has 2 rings (SSSR count). The highest BCUT2D eigenvalue weighted by molar-refractivity contribution is 5.92. The van der Waals surface area contributed by atoms with E-state index in [0.29, 0.717) is 24.4 Å². The number of nitrogens with zero attached hydrogens (tertiary/aromatic N) is 1. The van der Waals surface area contributed by atoms with Crippen molar-refractivity contribution < 1.29 is 9.18 Å². The topological polar surface area (TPSA) is 54.0 Å². The minimum absolute atomic E-state index is 0.243. The Hall–Kier alpha value is -1.75. The molecule has 1 atom stereocenters. The third kappa shape index (κ3) is 2.50. The fraction of sp³-hybridized carbons (Fsp3) is 0.333. The quantitative estimate of drug-likeness (QED) is 0.796. The Balaban J connectivity index is 2.23. The number of carbonyl (C=O) groups is 1. The summed E-state index contributed by atoms with van der Waals surface area (Å²) in [7, 11) is 1.55. The van der Waals surface area contributed by atoms with Gasteiger partial charge in [-0.1, -0.05) is 12.1 Å². The van der Waals surface area contributed by atoms with E-state index in [0.717, 1.165) is 5.56 Å². The number of carbonyl (C=O) groups excluding carboxylic acids is 1. The second-order valence-electron chi connectivity index (χ2n) is 3.80. The highest BCUT2D eigenvalue weighted by Gasteiger charge is 2.18. The van der Waals surface area contributed by atoms with Gasteiger partial charge in [-0.05, 0) is 17.2 Å². The van der Waals surface area contributed by atoms with Gasteiger partial charge in [-0.2, -0.15) is 0 Å². The number of rotatable bonds is 2. The van der Waals surface area contributed by atoms with E-state index in [9.17, 15) is 9.18 Å². The average Bonchev–Trinajstić information content (AvgIpc) is 2.39. The highest BCUT2D eigenvalue weighted by Crippen LogP contribution is 2.21. The van der Waals surface area contributed by atoms with Crippen LogP contribution in [0.2, 0.25) is 0 Å². The van der Waals surface area contributed by atoms with Crippen LogP contribution in [0, 0.1) is 0 Å². The molecule has 0 bridgehead atoms. The summed E-state index contributed by atoms with van der Waals surface area (Å²) >= 11 is 0. The molecule has 90 valence electrons. The molecule has 4 nitrogen and oxygen atoms in total. The molecule has 1 aromatic rings. The molecule has 0 fully saturated rings. The number of hydrogen-bond acceptors (Lipinski definition) is 3. The molecule has 1 unspecified atom stereocenters. The van der Waals surface area contributed by atoms with Crippen LogP contribution in [-0.4, -0.2) is 37.2 Å². The molecule has 1 amide bonds. The summed E-state index contributed by atoms with van der Waals surface area (Å²) in [6.07, 6.45) is 2.33. The van der Waals surface area contributed by atoms with Gasteiger partial charge < -0.3 is 10.6 Å². The Morgan fingerprint density at radius 3 is 3.00 bits per heavy atom. The van der Waals surface area contributed by atoms with Gasteiger partial charge >= 0.3 is 0 Å². The molecule has 1 aliphatic heterocycles. The number of alkyl halides is 1. The lowest BCUT2D eigenvalue weighted by Crippen LogP contribution is -2.30. The number of amides is 1. The standard InChI is InChI=1S/C12H14FN3O/c1-14-12(17)11-3-2-8(6-16-11)9-4-5-15-7-10(9)13/h2-4,6,10,15H,5,7H2,1H3,(H,14,17). The molecular formula is C12H14FN3O. The van der Waals surface area contributed by atoms with Crippen LogP contribution in [0.4, 0.5) is 4.39 Å². The van der Waals surface area contributed by atoms with Gasteiger partial charge in [0.15, 0.2) is 0 Å². The van der Waals surface area contributed by atoms with Crippen molar-refractivity contribution in [1.29, 1.82) is 0 Å². The summed E-state index contributed by atoms with van der Waals surface area (Å²) < 4.78 is 13.6. The summed E-state index contributed by atoms with van der Waals surface area (Å²) in [6, 6.07) is 3.32. The van der Waals surface area contributed by atoms with Crippen LogP contribution in [0.1, 0.15) is 16.1 Å². The molecular weight excluding hydrogens is 221 g/mol. The molecule has 2 N–H and O–H groups in total. The van der Waals surface area contributed by atoms with E-state index in [4.69, 9.17) is 0 Å². The van der Waals surface area contributed by atoms with Crippen LogP contribution in [-0.2, 0) is 0 Å². The molecule has 0 saturated carbocycles. The van der Waals surface area contributed by atoms with Crippen LogP contribution in [0.15, 0.2) is 24.4 Å². The van der Waals surface area contributed by atoms with Gasteiger partial charge in [-0.15, -0.1) is 0 Å². The Kier molecular flexibility index (Phi) is 3.49. The van der Waals surface area contributed by atoms with Crippen molar-refractivity contribution in [3.05, 3.63) is 35.7 Å². The van der Waals surface area contributed by atoms with Crippen molar-refractivity contribution in [1.82, 2.24) is 15.6 Å². The van der Waals surface area contributed by atoms with Crippen LogP contribution >= 0.6 is 0 Å². The number of halogens is 1. The lowest BCUT2D eigenvalue weighted by atomic mass is 10.0. The molecule has 1 aliphatic rings. The number of pyridine rings is 1. The van der Waals surface area contributed by atoms with E-state index in [1.165, 1.54) is 6.20 Å². The lowest BCUT2D eigenvalue weighted by molar-refractivity contribution is 0.0958. The first kappa shape index (κ1) is 11.7. The summed E-state index contributed by atoms with van der Waals surface area (Å²) in [4.78, 5) is 15.3. The number of hydrogen-bond donors (Lipinski definition) is 2. The maximum absolute atomic E-state index is 13.6. The van der Waals surface area contributed by atoms with Crippen LogP contribution < -0.4 is 10.6 Å². The lowest BCUT2D eigenvalue weighted by Gasteiger charge is -2.18. The predicted octanol–water partition coefficient (Wildman–Crippen LogP) is 0.766. The largest absolute Gasteiger partial charge is 0.354 e. The molecule has 0 saturated heterocycles. The van der Waals surface area contributed by atoms with E-state index in [1.807, 2.05) is 6.08 Å². The van der Waals surface area contributed by atoms with Gasteiger partial charge in [-0.25, -0.2) is 4.39 Å². The van der Waals surface area contributed by atoms with Crippen LogP contribution in [0.25, 0.3) is 5.57 Å². The van der Waals surface area contributed by atoms with Gasteiger partial charge in [-0.3, -0.25) is 9.78 Å². The molecule has 2 heterocycles. The van der Waals surface area contributed by atoms with Crippen molar-refractivity contribution in [2.24, 2.45) is 0 Å². The summed E-state index contributed by atoms with van der Waals surface area (Å²) in [5.41, 5.74) is 1.70. The molecule has 5 heteroatoms. The van der Waals surface area contributed by atoms with Crippen LogP contribution in [0.3, 0.4) is 0 Å². The van der Waals surface area contributed by atoms with Gasteiger partial charge in [0, 0.05) is 26.3 Å². The third-order valence-corrected chi connectivity index (χ3v) is 2.68. The average molecular weight is 235 g/mol. The maximum Gasteiger partial charge on any atom is 0.269 e. The minimum atomic E-state index is -1.02. The zero-order valence-corrected chi connectivity index (χ0v) is 9.53. The SMILES string of the molecule is CNC(=O)c1ccc(C2=CCNCC2F)cn1. The van der Waals surface area contributed by atoms with E-state index in [1.54, 1.807) is 19.2 Å². The Bertz CT molecular complexity index is 442. The monoisotopic (exact) mass is 235 g/mol. The molecule has 0 aromatic carbocycles. The fourth-order valence-electron chi connectivity index (χ4n) is 1.76. The van der Waals surface area contributed by atoms with E-state index in [2.05, 4.69) is 15.6 Å². The molecule has 0 radical (unpaired) electrons. The smallest absolute Gasteiger partial charge is 0.269 e. The molecule has 17 heavy (non-hydrogen) atoms. The molecule has 0 aliphatic carbocycles. The van der Waals surface area contributed by atoms with Crippen molar-refractivity contribution in [3.63, 3.8) is 0 Å². The highest BCUT2D eigenvalue weighted by atomic mass is 19.1. The third-order valence-electron chi connectivity index (χ3n) is 2.68. The van der Waals surface area contributed by atoms with Gasteiger partial charge in [0.25, 0.3) is 5.91 Å². The first-order chi connectivity index (χ1) is 8.22. The van der Waals surface area contributed by atoms with E-state index >= 15 is 0 Å². The van der Waals surface area contributed by atoms with Gasteiger partial charge in [0.2, 0.25) is 0 Å². The summed E-state index contributed by atoms with van der Waals surface area (Å²) in [5.74, 6) is -0.243. The first-order valence-corrected chi connectivity index (χ1v) is 5.45. The van der Waals surface area contributed by atoms with E-state index in [-0.39, 0.29) is 5.91 Å². The van der Waals surface area contributed by atoms with Crippen molar-refractivity contribution >= 4 is 11.5 Å². The summed E-state index contributed by atoms with van der Waals surface area (Å²) in [6.45, 7) is 0.982. The Morgan fingerprint density at radius 1 is 1.59 bits per heavy atom. The Labute approximate surface area is 98.9 Å². The zero-order chi connectivity index (χ0) is 12.3. The van der Waals surface area contributed by atoms with Crippen molar-refractivity contribution in [2.45, 2.75) is 6.17 Å². The number of nitrogens with one attached hydrogen (secondary N) is 2. The normalized spacial score (nSPS) is 19.6. The second kappa shape index (κ2) is 5.05. The molecule has 1 aromatic heterocycles. The zero-order valence-electron chi connectivity index (χ0n) is 9.53. The van der Waals surface area contributed by atoms with Crippen molar-refractivity contribution in [3.8, 4) is 0 Å².